The van der Waals surface area contributed by atoms with E-state index in [1.165, 1.54) is 19.4 Å². The molecule has 6 heteroatoms. The number of nitrogens with zero attached hydrogens (tertiary/aromatic N) is 4. The number of piperazine rings is 1. The Bertz CT molecular complexity index is 431. The predicted octanol–water partition coefficient (Wildman–Crippen LogP) is 0.281. The summed E-state index contributed by atoms with van der Waals surface area (Å²) in [6.07, 6.45) is 2.77. The fraction of sp³-hybridized carbons (Fsp3) is 0.750. The standard InChI is InChI=1S/C12H19N5O/c1-9-13-11(15-14-9)12(18)17-6-4-16(5-7-17)8-10-2-3-10/h10H,2-8H2,1H3,(H,13,14,15). The second-order valence-electron chi connectivity index (χ2n) is 5.28. The van der Waals surface area contributed by atoms with E-state index in [0.29, 0.717) is 11.6 Å². The fourth-order valence-electron chi connectivity index (χ4n) is 2.38. The van der Waals surface area contributed by atoms with Gasteiger partial charge in [0.15, 0.2) is 0 Å². The summed E-state index contributed by atoms with van der Waals surface area (Å²) >= 11 is 0. The zero-order chi connectivity index (χ0) is 12.5. The maximum absolute atomic E-state index is 12.1. The van der Waals surface area contributed by atoms with Crippen molar-refractivity contribution in [1.82, 2.24) is 25.0 Å². The zero-order valence-corrected chi connectivity index (χ0v) is 10.7. The van der Waals surface area contributed by atoms with Crippen LogP contribution in [-0.4, -0.2) is 63.6 Å². The van der Waals surface area contributed by atoms with Crippen LogP contribution in [0.15, 0.2) is 0 Å². The quantitative estimate of drug-likeness (QED) is 0.835. The molecule has 1 saturated heterocycles. The fourth-order valence-corrected chi connectivity index (χ4v) is 2.38. The van der Waals surface area contributed by atoms with Gasteiger partial charge in [0.25, 0.3) is 5.91 Å². The van der Waals surface area contributed by atoms with Crippen molar-refractivity contribution in [2.24, 2.45) is 5.92 Å². The summed E-state index contributed by atoms with van der Waals surface area (Å²) < 4.78 is 0. The number of nitrogens with one attached hydrogen (secondary N) is 1. The Balaban J connectivity index is 1.53. The van der Waals surface area contributed by atoms with E-state index in [4.69, 9.17) is 0 Å². The summed E-state index contributed by atoms with van der Waals surface area (Å²) in [6, 6.07) is 0. The molecule has 1 aliphatic heterocycles. The van der Waals surface area contributed by atoms with E-state index in [2.05, 4.69) is 20.1 Å². The van der Waals surface area contributed by atoms with E-state index in [-0.39, 0.29) is 5.91 Å². The minimum atomic E-state index is -0.0505. The average Bonchev–Trinajstić information content (AvgIpc) is 3.09. The van der Waals surface area contributed by atoms with Crippen molar-refractivity contribution in [2.45, 2.75) is 19.8 Å². The van der Waals surface area contributed by atoms with Gasteiger partial charge in [0.2, 0.25) is 5.82 Å². The van der Waals surface area contributed by atoms with Crippen molar-refractivity contribution >= 4 is 5.91 Å². The molecule has 1 N–H and O–H groups in total. The Morgan fingerprint density at radius 2 is 2.06 bits per heavy atom. The van der Waals surface area contributed by atoms with Crippen LogP contribution in [0.1, 0.15) is 29.3 Å². The third kappa shape index (κ3) is 2.53. The average molecular weight is 249 g/mol. The highest BCUT2D eigenvalue weighted by Gasteiger charge is 2.28. The first-order valence-corrected chi connectivity index (χ1v) is 6.63. The first-order chi connectivity index (χ1) is 8.72. The lowest BCUT2D eigenvalue weighted by molar-refractivity contribution is 0.0620. The van der Waals surface area contributed by atoms with Gasteiger partial charge in [-0.25, -0.2) is 4.98 Å². The van der Waals surface area contributed by atoms with Gasteiger partial charge in [-0.05, 0) is 25.7 Å². The second-order valence-corrected chi connectivity index (χ2v) is 5.28. The van der Waals surface area contributed by atoms with E-state index in [1.54, 1.807) is 6.92 Å². The van der Waals surface area contributed by atoms with Gasteiger partial charge in [-0.1, -0.05) is 0 Å². The Kier molecular flexibility index (Phi) is 3.03. The van der Waals surface area contributed by atoms with Crippen LogP contribution in [-0.2, 0) is 0 Å². The van der Waals surface area contributed by atoms with Gasteiger partial charge >= 0.3 is 0 Å². The molecule has 0 atom stereocenters. The van der Waals surface area contributed by atoms with Gasteiger partial charge in [0.1, 0.15) is 5.82 Å². The Labute approximate surface area is 106 Å². The molecule has 1 amide bonds. The van der Waals surface area contributed by atoms with E-state index >= 15 is 0 Å². The van der Waals surface area contributed by atoms with Crippen molar-refractivity contribution in [2.75, 3.05) is 32.7 Å². The van der Waals surface area contributed by atoms with Crippen LogP contribution in [0.4, 0.5) is 0 Å². The number of hydrogen-bond donors (Lipinski definition) is 1. The molecular formula is C12H19N5O. The molecule has 1 saturated carbocycles. The molecule has 2 aliphatic rings. The molecule has 18 heavy (non-hydrogen) atoms. The summed E-state index contributed by atoms with van der Waals surface area (Å²) in [4.78, 5) is 20.5. The number of H-pyrrole nitrogens is 1. The maximum Gasteiger partial charge on any atom is 0.293 e. The lowest BCUT2D eigenvalue weighted by Crippen LogP contribution is -2.49. The highest BCUT2D eigenvalue weighted by molar-refractivity contribution is 5.90. The molecule has 0 unspecified atom stereocenters. The van der Waals surface area contributed by atoms with Crippen molar-refractivity contribution in [3.05, 3.63) is 11.6 Å². The number of aryl methyl sites for hydroxylation is 1. The highest BCUT2D eigenvalue weighted by atomic mass is 16.2. The summed E-state index contributed by atoms with van der Waals surface area (Å²) in [7, 11) is 0. The molecule has 0 radical (unpaired) electrons. The number of aromatic nitrogens is 3. The van der Waals surface area contributed by atoms with E-state index in [1.807, 2.05) is 4.90 Å². The molecule has 3 rings (SSSR count). The normalized spacial score (nSPS) is 21.3. The van der Waals surface area contributed by atoms with Gasteiger partial charge in [-0.15, -0.1) is 5.10 Å². The summed E-state index contributed by atoms with van der Waals surface area (Å²) in [5.74, 6) is 1.85. The largest absolute Gasteiger partial charge is 0.333 e. The van der Waals surface area contributed by atoms with Gasteiger partial charge in [0, 0.05) is 32.7 Å². The number of carbonyl (C=O) groups excluding carboxylic acids is 1. The molecule has 98 valence electrons. The molecule has 1 aromatic heterocycles. The minimum absolute atomic E-state index is 0.0505. The van der Waals surface area contributed by atoms with Crippen LogP contribution >= 0.6 is 0 Å². The summed E-state index contributed by atoms with van der Waals surface area (Å²) in [5.41, 5.74) is 0. The number of hydrogen-bond acceptors (Lipinski definition) is 4. The number of carbonyl (C=O) groups is 1. The third-order valence-corrected chi connectivity index (χ3v) is 3.66. The van der Waals surface area contributed by atoms with Crippen LogP contribution in [0.2, 0.25) is 0 Å². The molecule has 0 bridgehead atoms. The summed E-state index contributed by atoms with van der Waals surface area (Å²) in [5, 5.41) is 6.64. The number of amides is 1. The van der Waals surface area contributed by atoms with Crippen LogP contribution in [0.25, 0.3) is 0 Å². The molecular weight excluding hydrogens is 230 g/mol. The minimum Gasteiger partial charge on any atom is -0.333 e. The molecule has 1 aliphatic carbocycles. The Morgan fingerprint density at radius 1 is 1.33 bits per heavy atom. The topological polar surface area (TPSA) is 65.1 Å². The van der Waals surface area contributed by atoms with Gasteiger partial charge < -0.3 is 4.90 Å². The Morgan fingerprint density at radius 3 is 2.61 bits per heavy atom. The molecule has 6 nitrogen and oxygen atoms in total. The molecule has 0 spiro atoms. The Hall–Kier alpha value is -1.43. The lowest BCUT2D eigenvalue weighted by Gasteiger charge is -2.34. The number of rotatable bonds is 3. The van der Waals surface area contributed by atoms with E-state index < -0.39 is 0 Å². The van der Waals surface area contributed by atoms with Crippen LogP contribution in [0, 0.1) is 12.8 Å². The van der Waals surface area contributed by atoms with Crippen molar-refractivity contribution in [3.63, 3.8) is 0 Å². The number of aromatic amines is 1. The molecule has 2 fully saturated rings. The monoisotopic (exact) mass is 249 g/mol. The zero-order valence-electron chi connectivity index (χ0n) is 10.7. The highest BCUT2D eigenvalue weighted by Crippen LogP contribution is 2.29. The van der Waals surface area contributed by atoms with Gasteiger partial charge in [0.05, 0.1) is 0 Å². The summed E-state index contributed by atoms with van der Waals surface area (Å²) in [6.45, 7) is 6.55. The lowest BCUT2D eigenvalue weighted by atomic mass is 10.2. The van der Waals surface area contributed by atoms with Gasteiger partial charge in [-0.2, -0.15) is 0 Å². The third-order valence-electron chi connectivity index (χ3n) is 3.66. The smallest absolute Gasteiger partial charge is 0.293 e. The predicted molar refractivity (Wildman–Crippen MR) is 66.2 cm³/mol. The SMILES string of the molecule is Cc1nc(C(=O)N2CCN(CC3CC3)CC2)n[nH]1. The van der Waals surface area contributed by atoms with Crippen molar-refractivity contribution in [3.8, 4) is 0 Å². The molecule has 2 heterocycles. The van der Waals surface area contributed by atoms with Crippen LogP contribution < -0.4 is 0 Å². The van der Waals surface area contributed by atoms with Crippen LogP contribution in [0.3, 0.4) is 0 Å². The maximum atomic E-state index is 12.1. The molecule has 1 aromatic rings. The van der Waals surface area contributed by atoms with E-state index in [9.17, 15) is 4.79 Å². The van der Waals surface area contributed by atoms with Crippen molar-refractivity contribution < 1.29 is 4.79 Å². The molecule has 0 aromatic carbocycles. The first kappa shape index (κ1) is 11.6. The van der Waals surface area contributed by atoms with Gasteiger partial charge in [-0.3, -0.25) is 14.8 Å². The second kappa shape index (κ2) is 4.68. The van der Waals surface area contributed by atoms with E-state index in [0.717, 1.165) is 32.1 Å². The van der Waals surface area contributed by atoms with Crippen LogP contribution in [0.5, 0.6) is 0 Å². The van der Waals surface area contributed by atoms with Crippen molar-refractivity contribution in [1.29, 1.82) is 0 Å². The first-order valence-electron chi connectivity index (χ1n) is 6.63.